The lowest BCUT2D eigenvalue weighted by molar-refractivity contribution is 0.273. The van der Waals surface area contributed by atoms with Gasteiger partial charge in [-0.05, 0) is 45.8 Å². The van der Waals surface area contributed by atoms with Crippen LogP contribution in [0.1, 0.15) is 25.7 Å². The molecule has 0 rings (SSSR count). The number of aliphatic hydroxyl groups is 1. The normalized spacial score (nSPS) is 11.0. The molecule has 0 spiro atoms. The van der Waals surface area contributed by atoms with E-state index in [1.54, 1.807) is 0 Å². The molecule has 0 atom stereocenters. The van der Waals surface area contributed by atoms with E-state index in [1.165, 1.54) is 6.42 Å². The van der Waals surface area contributed by atoms with Crippen molar-refractivity contribution < 1.29 is 5.11 Å². The van der Waals surface area contributed by atoms with Crippen molar-refractivity contribution in [3.05, 3.63) is 0 Å². The first-order valence-corrected chi connectivity index (χ1v) is 5.20. The minimum Gasteiger partial charge on any atom is -0.396 e. The van der Waals surface area contributed by atoms with Crippen LogP contribution < -0.4 is 0 Å². The van der Waals surface area contributed by atoms with Crippen molar-refractivity contribution in [3.8, 4) is 0 Å². The monoisotopic (exact) mass is 193 g/mol. The Hall–Kier alpha value is 0.210. The van der Waals surface area contributed by atoms with Gasteiger partial charge < -0.3 is 10.0 Å². The van der Waals surface area contributed by atoms with Gasteiger partial charge in [0.05, 0.1) is 0 Å². The Bertz CT molecular complexity index is 90.6. The van der Waals surface area contributed by atoms with Gasteiger partial charge in [-0.15, -0.1) is 11.6 Å². The second-order valence-corrected chi connectivity index (χ2v) is 3.51. The number of nitrogens with zero attached hydrogens (tertiary/aromatic N) is 1. The number of alkyl halides is 1. The van der Waals surface area contributed by atoms with Gasteiger partial charge in [-0.2, -0.15) is 0 Å². The van der Waals surface area contributed by atoms with Crippen LogP contribution in [0.2, 0.25) is 0 Å². The zero-order valence-electron chi connectivity index (χ0n) is 7.93. The van der Waals surface area contributed by atoms with Crippen molar-refractivity contribution in [1.82, 2.24) is 4.90 Å². The number of halogens is 1. The lowest BCUT2D eigenvalue weighted by Crippen LogP contribution is -2.21. The third-order valence-corrected chi connectivity index (χ3v) is 2.14. The maximum Gasteiger partial charge on any atom is 0.0431 e. The molecule has 0 aromatic rings. The molecule has 0 radical (unpaired) electrons. The van der Waals surface area contributed by atoms with Gasteiger partial charge in [0.1, 0.15) is 0 Å². The topological polar surface area (TPSA) is 23.5 Å². The van der Waals surface area contributed by atoms with Crippen LogP contribution in [0.25, 0.3) is 0 Å². The summed E-state index contributed by atoms with van der Waals surface area (Å²) in [5, 5.41) is 8.54. The predicted octanol–water partition coefficient (Wildman–Crippen LogP) is 1.71. The molecule has 0 aliphatic carbocycles. The van der Waals surface area contributed by atoms with Gasteiger partial charge in [0.2, 0.25) is 0 Å². The molecule has 0 aliphatic heterocycles. The highest BCUT2D eigenvalue weighted by Gasteiger charge is 1.96. The number of unbranched alkanes of at least 4 members (excludes halogenated alkanes) is 2. The van der Waals surface area contributed by atoms with E-state index in [1.807, 2.05) is 0 Å². The summed E-state index contributed by atoms with van der Waals surface area (Å²) in [6.45, 7) is 2.53. The van der Waals surface area contributed by atoms with Crippen LogP contribution in [0, 0.1) is 0 Å². The lowest BCUT2D eigenvalue weighted by Gasteiger charge is -2.14. The van der Waals surface area contributed by atoms with E-state index in [9.17, 15) is 0 Å². The van der Waals surface area contributed by atoms with E-state index >= 15 is 0 Å². The molecule has 0 saturated carbocycles. The molecule has 1 N–H and O–H groups in total. The van der Waals surface area contributed by atoms with Crippen LogP contribution in [-0.2, 0) is 0 Å². The van der Waals surface area contributed by atoms with Crippen molar-refractivity contribution >= 4 is 11.6 Å². The fraction of sp³-hybridized carbons (Fsp3) is 1.00. The summed E-state index contributed by atoms with van der Waals surface area (Å²) in [5.41, 5.74) is 0. The van der Waals surface area contributed by atoms with Gasteiger partial charge in [-0.25, -0.2) is 0 Å². The molecule has 0 aromatic heterocycles. The van der Waals surface area contributed by atoms with Crippen molar-refractivity contribution in [2.24, 2.45) is 0 Å². The first-order chi connectivity index (χ1) is 5.81. The Kier molecular flexibility index (Phi) is 9.46. The smallest absolute Gasteiger partial charge is 0.0431 e. The highest BCUT2D eigenvalue weighted by molar-refractivity contribution is 6.17. The zero-order chi connectivity index (χ0) is 9.23. The third-order valence-electron chi connectivity index (χ3n) is 1.87. The Labute approximate surface area is 80.5 Å². The van der Waals surface area contributed by atoms with Crippen LogP contribution >= 0.6 is 11.6 Å². The number of hydrogen-bond acceptors (Lipinski definition) is 2. The molecule has 0 aliphatic rings. The van der Waals surface area contributed by atoms with E-state index in [4.69, 9.17) is 16.7 Å². The van der Waals surface area contributed by atoms with E-state index < -0.39 is 0 Å². The highest BCUT2D eigenvalue weighted by Crippen LogP contribution is 1.97. The molecular formula is C9H20ClNO. The Balaban J connectivity index is 3.02. The minimum absolute atomic E-state index is 0.325. The Morgan fingerprint density at radius 2 is 1.75 bits per heavy atom. The summed E-state index contributed by atoms with van der Waals surface area (Å²) in [6.07, 6.45) is 4.31. The summed E-state index contributed by atoms with van der Waals surface area (Å²) in [4.78, 5) is 2.29. The molecule has 0 fully saturated rings. The largest absolute Gasteiger partial charge is 0.396 e. The van der Waals surface area contributed by atoms with Crippen molar-refractivity contribution in [1.29, 1.82) is 0 Å². The van der Waals surface area contributed by atoms with Crippen LogP contribution in [0.5, 0.6) is 0 Å². The molecule has 0 bridgehead atoms. The standard InChI is InChI=1S/C9H20ClNO/c1-11(8-5-6-10)7-3-2-4-9-12/h12H,2-9H2,1H3. The Morgan fingerprint density at radius 1 is 1.08 bits per heavy atom. The van der Waals surface area contributed by atoms with Gasteiger partial charge in [0.15, 0.2) is 0 Å². The summed E-state index contributed by atoms with van der Waals surface area (Å²) < 4.78 is 0. The molecule has 0 unspecified atom stereocenters. The molecule has 0 amide bonds. The number of hydrogen-bond donors (Lipinski definition) is 1. The van der Waals surface area contributed by atoms with Gasteiger partial charge in [0, 0.05) is 12.5 Å². The summed E-state index contributed by atoms with van der Waals surface area (Å²) in [5.74, 6) is 0.751. The Morgan fingerprint density at radius 3 is 2.33 bits per heavy atom. The molecule has 2 nitrogen and oxygen atoms in total. The quantitative estimate of drug-likeness (QED) is 0.469. The second-order valence-electron chi connectivity index (χ2n) is 3.13. The van der Waals surface area contributed by atoms with Crippen molar-refractivity contribution in [2.45, 2.75) is 25.7 Å². The van der Waals surface area contributed by atoms with E-state index in [0.29, 0.717) is 6.61 Å². The molecular weight excluding hydrogens is 174 g/mol. The minimum atomic E-state index is 0.325. The maximum absolute atomic E-state index is 8.54. The number of aliphatic hydroxyl groups excluding tert-OH is 1. The van der Waals surface area contributed by atoms with Gasteiger partial charge in [-0.3, -0.25) is 0 Å². The molecule has 3 heteroatoms. The first kappa shape index (κ1) is 12.2. The van der Waals surface area contributed by atoms with Gasteiger partial charge in [-0.1, -0.05) is 0 Å². The second kappa shape index (κ2) is 9.30. The predicted molar refractivity (Wildman–Crippen MR) is 53.8 cm³/mol. The molecule has 74 valence electrons. The fourth-order valence-corrected chi connectivity index (χ4v) is 1.23. The maximum atomic E-state index is 8.54. The van der Waals surface area contributed by atoms with E-state index in [-0.39, 0.29) is 0 Å². The van der Waals surface area contributed by atoms with Crippen LogP contribution in [0.4, 0.5) is 0 Å². The first-order valence-electron chi connectivity index (χ1n) is 4.66. The highest BCUT2D eigenvalue weighted by atomic mass is 35.5. The average Bonchev–Trinajstić information content (AvgIpc) is 2.09. The summed E-state index contributed by atoms with van der Waals surface area (Å²) >= 11 is 5.57. The molecule has 0 aromatic carbocycles. The number of rotatable bonds is 8. The summed E-state index contributed by atoms with van der Waals surface area (Å²) in [6, 6.07) is 0. The average molecular weight is 194 g/mol. The van der Waals surface area contributed by atoms with Gasteiger partial charge >= 0.3 is 0 Å². The van der Waals surface area contributed by atoms with Crippen LogP contribution in [0.15, 0.2) is 0 Å². The van der Waals surface area contributed by atoms with E-state index in [0.717, 1.165) is 38.2 Å². The SMILES string of the molecule is CN(CCCCl)CCCCCO. The lowest BCUT2D eigenvalue weighted by atomic mass is 10.2. The fourth-order valence-electron chi connectivity index (χ4n) is 1.11. The zero-order valence-corrected chi connectivity index (χ0v) is 8.69. The van der Waals surface area contributed by atoms with E-state index in [2.05, 4.69) is 11.9 Å². The molecule has 12 heavy (non-hydrogen) atoms. The third kappa shape index (κ3) is 8.31. The molecule has 0 saturated heterocycles. The van der Waals surface area contributed by atoms with Crippen molar-refractivity contribution in [2.75, 3.05) is 32.6 Å². The van der Waals surface area contributed by atoms with Crippen LogP contribution in [0.3, 0.4) is 0 Å². The molecule has 0 heterocycles. The van der Waals surface area contributed by atoms with Gasteiger partial charge in [0.25, 0.3) is 0 Å². The summed E-state index contributed by atoms with van der Waals surface area (Å²) in [7, 11) is 2.12. The van der Waals surface area contributed by atoms with Crippen LogP contribution in [-0.4, -0.2) is 42.6 Å². The van der Waals surface area contributed by atoms with Crippen molar-refractivity contribution in [3.63, 3.8) is 0 Å².